The van der Waals surface area contributed by atoms with E-state index in [9.17, 15) is 0 Å². The Bertz CT molecular complexity index is 617. The fourth-order valence-electron chi connectivity index (χ4n) is 1.93. The lowest BCUT2D eigenvalue weighted by atomic mass is 10.2. The lowest BCUT2D eigenvalue weighted by Gasteiger charge is -2.11. The molecule has 0 saturated heterocycles. The number of rotatable bonds is 6. The van der Waals surface area contributed by atoms with Gasteiger partial charge in [-0.3, -0.25) is 0 Å². The van der Waals surface area contributed by atoms with Crippen molar-refractivity contribution in [2.75, 3.05) is 13.7 Å². The Kier molecular flexibility index (Phi) is 5.59. The average molecular weight is 351 g/mol. The molecule has 0 aliphatic carbocycles. The Morgan fingerprint density at radius 3 is 2.71 bits per heavy atom. The Balaban J connectivity index is 2.20. The summed E-state index contributed by atoms with van der Waals surface area (Å²) < 4.78 is 11.9. The number of nitrogens with one attached hydrogen (secondary N) is 1. The number of nitrogens with zero attached hydrogens (tertiary/aromatic N) is 1. The number of halogens is 1. The van der Waals surface area contributed by atoms with Crippen LogP contribution in [0.4, 0.5) is 0 Å². The first kappa shape index (κ1) is 15.8. The number of hydrogen-bond acceptors (Lipinski definition) is 4. The van der Waals surface area contributed by atoms with Crippen molar-refractivity contribution < 1.29 is 9.47 Å². The van der Waals surface area contributed by atoms with Crippen molar-refractivity contribution in [2.24, 2.45) is 0 Å². The maximum Gasteiger partial charge on any atom is 0.219 e. The van der Waals surface area contributed by atoms with Gasteiger partial charge < -0.3 is 14.8 Å². The first-order valence-corrected chi connectivity index (χ1v) is 7.61. The Hall–Kier alpha value is -1.59. The molecule has 0 atom stereocenters. The Morgan fingerprint density at radius 2 is 2.05 bits per heavy atom. The topological polar surface area (TPSA) is 43.4 Å². The second kappa shape index (κ2) is 7.43. The summed E-state index contributed by atoms with van der Waals surface area (Å²) in [5.41, 5.74) is 2.09. The standard InChI is InChI=1S/C16H19BrN2O2/c1-4-18-10-12-7-11(2)19-16(8-12)21-15-6-5-13(20-3)9-14(15)17/h5-9,18H,4,10H2,1-3H3. The van der Waals surface area contributed by atoms with Gasteiger partial charge in [0.2, 0.25) is 5.88 Å². The normalized spacial score (nSPS) is 10.5. The maximum atomic E-state index is 5.87. The van der Waals surface area contributed by atoms with Gasteiger partial charge in [-0.2, -0.15) is 0 Å². The molecule has 112 valence electrons. The van der Waals surface area contributed by atoms with Crippen LogP contribution in [0.25, 0.3) is 0 Å². The number of aromatic nitrogens is 1. The van der Waals surface area contributed by atoms with E-state index >= 15 is 0 Å². The molecule has 4 nitrogen and oxygen atoms in total. The van der Waals surface area contributed by atoms with Gasteiger partial charge in [0.05, 0.1) is 11.6 Å². The SMILES string of the molecule is CCNCc1cc(C)nc(Oc2ccc(OC)cc2Br)c1. The van der Waals surface area contributed by atoms with Crippen molar-refractivity contribution in [2.45, 2.75) is 20.4 Å². The van der Waals surface area contributed by atoms with Gasteiger partial charge in [-0.05, 0) is 59.2 Å². The van der Waals surface area contributed by atoms with Gasteiger partial charge in [-0.15, -0.1) is 0 Å². The summed E-state index contributed by atoms with van der Waals surface area (Å²) in [6.45, 7) is 5.78. The maximum absolute atomic E-state index is 5.87. The van der Waals surface area contributed by atoms with Crippen LogP contribution in [0.1, 0.15) is 18.2 Å². The molecule has 2 aromatic rings. The van der Waals surface area contributed by atoms with Crippen molar-refractivity contribution in [1.29, 1.82) is 0 Å². The molecule has 0 aliphatic heterocycles. The van der Waals surface area contributed by atoms with E-state index in [1.807, 2.05) is 31.2 Å². The van der Waals surface area contributed by atoms with Crippen LogP contribution in [0.5, 0.6) is 17.4 Å². The predicted molar refractivity (Wildman–Crippen MR) is 87.1 cm³/mol. The van der Waals surface area contributed by atoms with Gasteiger partial charge in [-0.25, -0.2) is 4.98 Å². The van der Waals surface area contributed by atoms with Crippen LogP contribution in [-0.2, 0) is 6.54 Å². The van der Waals surface area contributed by atoms with Crippen molar-refractivity contribution in [3.8, 4) is 17.4 Å². The zero-order chi connectivity index (χ0) is 15.2. The number of hydrogen-bond donors (Lipinski definition) is 1. The van der Waals surface area contributed by atoms with E-state index in [0.29, 0.717) is 11.6 Å². The molecule has 0 spiro atoms. The molecule has 0 saturated carbocycles. The van der Waals surface area contributed by atoms with Crippen LogP contribution >= 0.6 is 15.9 Å². The van der Waals surface area contributed by atoms with Crippen LogP contribution < -0.4 is 14.8 Å². The highest BCUT2D eigenvalue weighted by atomic mass is 79.9. The zero-order valence-electron chi connectivity index (χ0n) is 12.4. The molecular formula is C16H19BrN2O2. The van der Waals surface area contributed by atoms with Crippen molar-refractivity contribution in [3.05, 3.63) is 46.1 Å². The fraction of sp³-hybridized carbons (Fsp3) is 0.312. The summed E-state index contributed by atoms with van der Waals surface area (Å²) in [5, 5.41) is 3.30. The van der Waals surface area contributed by atoms with E-state index in [-0.39, 0.29) is 0 Å². The Morgan fingerprint density at radius 1 is 1.24 bits per heavy atom. The molecule has 2 rings (SSSR count). The highest BCUT2D eigenvalue weighted by Gasteiger charge is 2.07. The van der Waals surface area contributed by atoms with Crippen molar-refractivity contribution >= 4 is 15.9 Å². The van der Waals surface area contributed by atoms with E-state index in [4.69, 9.17) is 9.47 Å². The smallest absolute Gasteiger partial charge is 0.219 e. The van der Waals surface area contributed by atoms with E-state index in [1.54, 1.807) is 7.11 Å². The van der Waals surface area contributed by atoms with Gasteiger partial charge in [0.15, 0.2) is 0 Å². The van der Waals surface area contributed by atoms with Crippen LogP contribution in [0.3, 0.4) is 0 Å². The van der Waals surface area contributed by atoms with Crippen molar-refractivity contribution in [1.82, 2.24) is 10.3 Å². The molecule has 0 unspecified atom stereocenters. The number of pyridine rings is 1. The summed E-state index contributed by atoms with van der Waals surface area (Å²) >= 11 is 3.48. The number of benzene rings is 1. The zero-order valence-corrected chi connectivity index (χ0v) is 14.0. The molecule has 21 heavy (non-hydrogen) atoms. The molecule has 0 amide bonds. The second-order valence-corrected chi connectivity index (χ2v) is 5.49. The second-order valence-electron chi connectivity index (χ2n) is 4.63. The summed E-state index contributed by atoms with van der Waals surface area (Å²) in [5.74, 6) is 2.08. The number of ether oxygens (including phenoxy) is 2. The molecule has 1 heterocycles. The molecule has 0 aliphatic rings. The van der Waals surface area contributed by atoms with Gasteiger partial charge in [0.25, 0.3) is 0 Å². The fourth-order valence-corrected chi connectivity index (χ4v) is 2.37. The predicted octanol–water partition coefficient (Wildman–Crippen LogP) is 4.06. The van der Waals surface area contributed by atoms with Crippen LogP contribution in [0, 0.1) is 6.92 Å². The van der Waals surface area contributed by atoms with Crippen molar-refractivity contribution in [3.63, 3.8) is 0 Å². The molecule has 0 fully saturated rings. The lowest BCUT2D eigenvalue weighted by molar-refractivity contribution is 0.411. The van der Waals surface area contributed by atoms with E-state index < -0.39 is 0 Å². The highest BCUT2D eigenvalue weighted by Crippen LogP contribution is 2.32. The minimum Gasteiger partial charge on any atom is -0.497 e. The summed E-state index contributed by atoms with van der Waals surface area (Å²) in [7, 11) is 1.64. The molecule has 0 radical (unpaired) electrons. The summed E-state index contributed by atoms with van der Waals surface area (Å²) in [6, 6.07) is 9.59. The van der Waals surface area contributed by atoms with E-state index in [2.05, 4.69) is 39.2 Å². The van der Waals surface area contributed by atoms with E-state index in [0.717, 1.165) is 34.6 Å². The summed E-state index contributed by atoms with van der Waals surface area (Å²) in [6.07, 6.45) is 0. The van der Waals surface area contributed by atoms with Gasteiger partial charge >= 0.3 is 0 Å². The molecular weight excluding hydrogens is 332 g/mol. The molecule has 0 bridgehead atoms. The minimum absolute atomic E-state index is 0.591. The van der Waals surface area contributed by atoms with Gasteiger partial charge in [0, 0.05) is 18.3 Å². The third-order valence-electron chi connectivity index (χ3n) is 2.92. The van der Waals surface area contributed by atoms with Crippen LogP contribution in [0.15, 0.2) is 34.8 Å². The molecule has 1 aromatic heterocycles. The molecule has 1 N–H and O–H groups in total. The first-order chi connectivity index (χ1) is 10.1. The quantitative estimate of drug-likeness (QED) is 0.852. The van der Waals surface area contributed by atoms with Crippen LogP contribution in [0.2, 0.25) is 0 Å². The van der Waals surface area contributed by atoms with Crippen LogP contribution in [-0.4, -0.2) is 18.6 Å². The molecule has 1 aromatic carbocycles. The third-order valence-corrected chi connectivity index (χ3v) is 3.54. The Labute approximate surface area is 133 Å². The average Bonchev–Trinajstić information content (AvgIpc) is 2.46. The van der Waals surface area contributed by atoms with Gasteiger partial charge in [-0.1, -0.05) is 6.92 Å². The minimum atomic E-state index is 0.591. The summed E-state index contributed by atoms with van der Waals surface area (Å²) in [4.78, 5) is 4.42. The lowest BCUT2D eigenvalue weighted by Crippen LogP contribution is -2.12. The molecule has 5 heteroatoms. The van der Waals surface area contributed by atoms with Gasteiger partial charge in [0.1, 0.15) is 11.5 Å². The largest absolute Gasteiger partial charge is 0.497 e. The number of aryl methyl sites for hydroxylation is 1. The number of methoxy groups -OCH3 is 1. The third kappa shape index (κ3) is 4.44. The van der Waals surface area contributed by atoms with E-state index in [1.165, 1.54) is 0 Å². The highest BCUT2D eigenvalue weighted by molar-refractivity contribution is 9.10. The first-order valence-electron chi connectivity index (χ1n) is 6.82. The monoisotopic (exact) mass is 350 g/mol.